The molecule has 2 aromatic carbocycles. The van der Waals surface area contributed by atoms with Gasteiger partial charge in [-0.3, -0.25) is 4.79 Å². The number of amides is 3. The minimum absolute atomic E-state index is 0.0935. The second kappa shape index (κ2) is 12.9. The Kier molecular flexibility index (Phi) is 9.69. The van der Waals surface area contributed by atoms with E-state index >= 15 is 0 Å². The molecular formula is C27H32FN3O4S. The summed E-state index contributed by atoms with van der Waals surface area (Å²) in [5.74, 6) is 0.533. The lowest BCUT2D eigenvalue weighted by Gasteiger charge is -2.28. The minimum atomic E-state index is -0.400. The van der Waals surface area contributed by atoms with E-state index in [0.717, 1.165) is 16.0 Å². The lowest BCUT2D eigenvalue weighted by atomic mass is 10.2. The Balaban J connectivity index is 1.78. The highest BCUT2D eigenvalue weighted by molar-refractivity contribution is 7.10. The number of urea groups is 1. The molecule has 3 amide bonds. The van der Waals surface area contributed by atoms with Crippen LogP contribution in [0.5, 0.6) is 11.5 Å². The Labute approximate surface area is 215 Å². The molecule has 0 saturated carbocycles. The fraction of sp³-hybridized carbons (Fsp3) is 0.333. The Morgan fingerprint density at radius 1 is 1.00 bits per heavy atom. The molecule has 0 aliphatic carbocycles. The lowest BCUT2D eigenvalue weighted by Crippen LogP contribution is -2.44. The van der Waals surface area contributed by atoms with Crippen molar-refractivity contribution in [2.45, 2.75) is 33.4 Å². The van der Waals surface area contributed by atoms with Crippen LogP contribution in [0, 0.1) is 12.7 Å². The van der Waals surface area contributed by atoms with E-state index in [1.54, 1.807) is 53.7 Å². The maximum absolute atomic E-state index is 13.5. The van der Waals surface area contributed by atoms with Crippen LogP contribution >= 0.6 is 11.3 Å². The number of rotatable bonds is 11. The zero-order valence-corrected chi connectivity index (χ0v) is 21.9. The molecule has 1 aromatic heterocycles. The molecule has 3 aromatic rings. The molecule has 1 heterocycles. The summed E-state index contributed by atoms with van der Waals surface area (Å²) in [7, 11) is 3.06. The van der Waals surface area contributed by atoms with Crippen molar-refractivity contribution < 1.29 is 23.5 Å². The van der Waals surface area contributed by atoms with Gasteiger partial charge in [0.2, 0.25) is 5.91 Å². The fourth-order valence-electron chi connectivity index (χ4n) is 3.66. The number of nitrogens with zero attached hydrogens (tertiary/aromatic N) is 2. The number of aryl methyl sites for hydroxylation is 1. The quantitative estimate of drug-likeness (QED) is 0.358. The summed E-state index contributed by atoms with van der Waals surface area (Å²) in [5, 5.41) is 4.84. The molecule has 0 unspecified atom stereocenters. The van der Waals surface area contributed by atoms with Crippen LogP contribution in [0.15, 0.2) is 53.9 Å². The molecule has 0 saturated heterocycles. The van der Waals surface area contributed by atoms with E-state index in [1.165, 1.54) is 24.1 Å². The first kappa shape index (κ1) is 27.0. The standard InChI is InChI=1S/C27H32FN3O4S/c1-5-13-30(27(33)29-23-11-10-22(34-3)15-24(23)35-4)18-26(32)31(17-25-19(2)12-14-36-25)16-20-6-8-21(28)9-7-20/h6-12,14-15H,5,13,16-18H2,1-4H3,(H,29,33). The van der Waals surface area contributed by atoms with Crippen LogP contribution in [0.25, 0.3) is 0 Å². The third-order valence-electron chi connectivity index (χ3n) is 5.70. The average molecular weight is 514 g/mol. The lowest BCUT2D eigenvalue weighted by molar-refractivity contribution is -0.133. The molecule has 0 spiro atoms. The number of carbonyl (C=O) groups is 2. The molecule has 36 heavy (non-hydrogen) atoms. The Hall–Kier alpha value is -3.59. The number of carbonyl (C=O) groups excluding carboxylic acids is 2. The summed E-state index contributed by atoms with van der Waals surface area (Å²) in [5.41, 5.74) is 2.40. The molecule has 0 radical (unpaired) electrons. The first-order valence-corrected chi connectivity index (χ1v) is 12.6. The number of benzene rings is 2. The molecule has 9 heteroatoms. The maximum Gasteiger partial charge on any atom is 0.322 e. The Morgan fingerprint density at radius 3 is 2.36 bits per heavy atom. The van der Waals surface area contributed by atoms with Gasteiger partial charge in [-0.05, 0) is 60.2 Å². The number of hydrogen-bond acceptors (Lipinski definition) is 5. The summed E-state index contributed by atoms with van der Waals surface area (Å²) < 4.78 is 24.0. The van der Waals surface area contributed by atoms with Crippen LogP contribution in [0.4, 0.5) is 14.9 Å². The van der Waals surface area contributed by atoms with Crippen molar-refractivity contribution in [3.63, 3.8) is 0 Å². The smallest absolute Gasteiger partial charge is 0.322 e. The summed E-state index contributed by atoms with van der Waals surface area (Å²) in [6, 6.07) is 12.8. The molecule has 0 aliphatic rings. The van der Waals surface area contributed by atoms with Crippen molar-refractivity contribution in [1.29, 1.82) is 0 Å². The normalized spacial score (nSPS) is 10.6. The van der Waals surface area contributed by atoms with Crippen LogP contribution in [0.2, 0.25) is 0 Å². The van der Waals surface area contributed by atoms with Crippen molar-refractivity contribution in [2.24, 2.45) is 0 Å². The van der Waals surface area contributed by atoms with Crippen LogP contribution < -0.4 is 14.8 Å². The van der Waals surface area contributed by atoms with E-state index in [4.69, 9.17) is 9.47 Å². The van der Waals surface area contributed by atoms with Gasteiger partial charge in [-0.15, -0.1) is 11.3 Å². The summed E-state index contributed by atoms with van der Waals surface area (Å²) in [6.07, 6.45) is 0.683. The Morgan fingerprint density at radius 2 is 1.75 bits per heavy atom. The largest absolute Gasteiger partial charge is 0.497 e. The van der Waals surface area contributed by atoms with Gasteiger partial charge in [0, 0.05) is 24.0 Å². The number of halogens is 1. The molecule has 0 fully saturated rings. The highest BCUT2D eigenvalue weighted by Gasteiger charge is 2.23. The van der Waals surface area contributed by atoms with E-state index in [9.17, 15) is 14.0 Å². The number of ether oxygens (including phenoxy) is 2. The molecule has 0 atom stereocenters. The van der Waals surface area contributed by atoms with Crippen molar-refractivity contribution in [1.82, 2.24) is 9.80 Å². The van der Waals surface area contributed by atoms with E-state index in [2.05, 4.69) is 5.32 Å². The van der Waals surface area contributed by atoms with Gasteiger partial charge in [-0.1, -0.05) is 19.1 Å². The monoisotopic (exact) mass is 513 g/mol. The van der Waals surface area contributed by atoms with Crippen LogP contribution in [0.1, 0.15) is 29.3 Å². The van der Waals surface area contributed by atoms with Crippen LogP contribution in [-0.4, -0.2) is 49.0 Å². The SMILES string of the molecule is CCCN(CC(=O)N(Cc1ccc(F)cc1)Cc1sccc1C)C(=O)Nc1ccc(OC)cc1OC. The first-order valence-electron chi connectivity index (χ1n) is 11.7. The maximum atomic E-state index is 13.5. The van der Waals surface area contributed by atoms with Gasteiger partial charge >= 0.3 is 6.03 Å². The first-order chi connectivity index (χ1) is 17.3. The topological polar surface area (TPSA) is 71.1 Å². The zero-order chi connectivity index (χ0) is 26.1. The summed E-state index contributed by atoms with van der Waals surface area (Å²) in [6.45, 7) is 4.98. The Bertz CT molecular complexity index is 1170. The predicted octanol–water partition coefficient (Wildman–Crippen LogP) is 5.69. The van der Waals surface area contributed by atoms with E-state index < -0.39 is 6.03 Å². The van der Waals surface area contributed by atoms with Gasteiger partial charge in [0.1, 0.15) is 23.9 Å². The second-order valence-electron chi connectivity index (χ2n) is 8.32. The summed E-state index contributed by atoms with van der Waals surface area (Å²) in [4.78, 5) is 30.9. The zero-order valence-electron chi connectivity index (χ0n) is 21.0. The van der Waals surface area contributed by atoms with Crippen molar-refractivity contribution in [3.8, 4) is 11.5 Å². The van der Waals surface area contributed by atoms with E-state index in [-0.39, 0.29) is 18.3 Å². The molecule has 7 nitrogen and oxygen atoms in total. The number of thiophene rings is 1. The number of nitrogens with one attached hydrogen (secondary N) is 1. The average Bonchev–Trinajstić information content (AvgIpc) is 3.28. The molecular weight excluding hydrogens is 481 g/mol. The molecule has 3 rings (SSSR count). The van der Waals surface area contributed by atoms with Crippen molar-refractivity contribution in [3.05, 3.63) is 75.7 Å². The third kappa shape index (κ3) is 7.21. The van der Waals surface area contributed by atoms with Gasteiger partial charge in [0.05, 0.1) is 26.5 Å². The van der Waals surface area contributed by atoms with E-state index in [1.807, 2.05) is 25.3 Å². The third-order valence-corrected chi connectivity index (χ3v) is 6.71. The predicted molar refractivity (Wildman–Crippen MR) is 140 cm³/mol. The fourth-order valence-corrected chi connectivity index (χ4v) is 4.58. The number of hydrogen-bond donors (Lipinski definition) is 1. The van der Waals surface area contributed by atoms with Crippen LogP contribution in [0.3, 0.4) is 0 Å². The van der Waals surface area contributed by atoms with Gasteiger partial charge in [0.25, 0.3) is 0 Å². The molecule has 1 N–H and O–H groups in total. The van der Waals surface area contributed by atoms with Crippen molar-refractivity contribution in [2.75, 3.05) is 32.6 Å². The van der Waals surface area contributed by atoms with Gasteiger partial charge in [0.15, 0.2) is 0 Å². The molecule has 0 bridgehead atoms. The van der Waals surface area contributed by atoms with Gasteiger partial charge < -0.3 is 24.6 Å². The van der Waals surface area contributed by atoms with Gasteiger partial charge in [-0.25, -0.2) is 9.18 Å². The number of methoxy groups -OCH3 is 2. The second-order valence-corrected chi connectivity index (χ2v) is 9.32. The molecule has 0 aliphatic heterocycles. The highest BCUT2D eigenvalue weighted by Crippen LogP contribution is 2.29. The molecule has 192 valence electrons. The van der Waals surface area contributed by atoms with Crippen LogP contribution in [-0.2, 0) is 17.9 Å². The number of anilines is 1. The van der Waals surface area contributed by atoms with Gasteiger partial charge in [-0.2, -0.15) is 0 Å². The van der Waals surface area contributed by atoms with Crippen molar-refractivity contribution >= 4 is 29.0 Å². The summed E-state index contributed by atoms with van der Waals surface area (Å²) >= 11 is 1.58. The highest BCUT2D eigenvalue weighted by atomic mass is 32.1. The minimum Gasteiger partial charge on any atom is -0.497 e. The van der Waals surface area contributed by atoms with E-state index in [0.29, 0.717) is 43.2 Å².